The van der Waals surface area contributed by atoms with E-state index in [0.717, 1.165) is 11.4 Å². The van der Waals surface area contributed by atoms with E-state index in [-0.39, 0.29) is 4.90 Å². The number of rotatable bonds is 3. The molecule has 7 heteroatoms. The van der Waals surface area contributed by atoms with Gasteiger partial charge in [0.25, 0.3) is 10.0 Å². The third-order valence-corrected chi connectivity index (χ3v) is 4.52. The Balaban J connectivity index is 2.01. The zero-order valence-corrected chi connectivity index (χ0v) is 12.2. The lowest BCUT2D eigenvalue weighted by molar-refractivity contribution is 0.597. The average Bonchev–Trinajstić information content (AvgIpc) is 2.51. The quantitative estimate of drug-likeness (QED) is 0.936. The van der Waals surface area contributed by atoms with Crippen LogP contribution < -0.4 is 10.2 Å². The van der Waals surface area contributed by atoms with Gasteiger partial charge >= 0.3 is 0 Å². The number of aromatic nitrogens is 1. The largest absolute Gasteiger partial charge is 0.373 e. The Morgan fingerprint density at radius 1 is 1.19 bits per heavy atom. The minimum atomic E-state index is -3.59. The monoisotopic (exact) mass is 302 g/mol. The van der Waals surface area contributed by atoms with E-state index in [2.05, 4.69) is 14.7 Å². The van der Waals surface area contributed by atoms with Crippen LogP contribution in [0.2, 0.25) is 0 Å². The molecule has 2 aromatic rings. The molecule has 2 heterocycles. The van der Waals surface area contributed by atoms with Gasteiger partial charge in [0.1, 0.15) is 17.1 Å². The summed E-state index contributed by atoms with van der Waals surface area (Å²) in [6.45, 7) is 0.486. The summed E-state index contributed by atoms with van der Waals surface area (Å²) in [5, 5.41) is 3.02. The second-order valence-corrected chi connectivity index (χ2v) is 6.15. The van der Waals surface area contributed by atoms with E-state index < -0.39 is 10.0 Å². The van der Waals surface area contributed by atoms with Crippen LogP contribution in [-0.4, -0.2) is 26.8 Å². The van der Waals surface area contributed by atoms with Crippen LogP contribution in [-0.2, 0) is 16.6 Å². The van der Waals surface area contributed by atoms with Crippen molar-refractivity contribution in [2.24, 2.45) is 4.40 Å². The molecule has 0 amide bonds. The number of nitrogens with zero attached hydrogens (tertiary/aromatic N) is 3. The highest BCUT2D eigenvalue weighted by molar-refractivity contribution is 7.90. The zero-order chi connectivity index (χ0) is 14.9. The van der Waals surface area contributed by atoms with Gasteiger partial charge in [0, 0.05) is 18.8 Å². The van der Waals surface area contributed by atoms with Gasteiger partial charge in [-0.15, -0.1) is 4.40 Å². The number of hydrogen-bond donors (Lipinski definition) is 1. The number of anilines is 2. The SMILES string of the molecule is CNc1ncccc1CN1C=NS(=O)(=O)c2ccccc21. The molecular formula is C14H14N4O2S. The van der Waals surface area contributed by atoms with Gasteiger partial charge in [-0.05, 0) is 18.2 Å². The van der Waals surface area contributed by atoms with Crippen LogP contribution in [0, 0.1) is 0 Å². The van der Waals surface area contributed by atoms with Gasteiger partial charge in [0.15, 0.2) is 0 Å². The van der Waals surface area contributed by atoms with Crippen LogP contribution in [0.4, 0.5) is 11.5 Å². The van der Waals surface area contributed by atoms with Crippen LogP contribution in [0.25, 0.3) is 0 Å². The molecule has 0 aliphatic carbocycles. The Bertz CT molecular complexity index is 802. The Kier molecular flexibility index (Phi) is 3.34. The molecule has 0 spiro atoms. The first kappa shape index (κ1) is 13.6. The van der Waals surface area contributed by atoms with Crippen LogP contribution in [0.5, 0.6) is 0 Å². The van der Waals surface area contributed by atoms with Crippen molar-refractivity contribution >= 4 is 27.9 Å². The standard InChI is InChI=1S/C14H14N4O2S/c1-15-14-11(5-4-8-16-14)9-18-10-17-21(19,20)13-7-3-2-6-12(13)18/h2-8,10H,9H2,1H3,(H,15,16). The fraction of sp³-hybridized carbons (Fsp3) is 0.143. The minimum Gasteiger partial charge on any atom is -0.373 e. The first-order valence-electron chi connectivity index (χ1n) is 6.39. The number of para-hydroxylation sites is 1. The Labute approximate surface area is 123 Å². The Morgan fingerprint density at radius 3 is 2.81 bits per heavy atom. The van der Waals surface area contributed by atoms with Gasteiger partial charge in [-0.1, -0.05) is 18.2 Å². The van der Waals surface area contributed by atoms with Crippen molar-refractivity contribution in [1.82, 2.24) is 4.98 Å². The molecule has 1 aliphatic heterocycles. The van der Waals surface area contributed by atoms with Crippen LogP contribution >= 0.6 is 0 Å². The van der Waals surface area contributed by atoms with Gasteiger partial charge in [-0.3, -0.25) is 0 Å². The fourth-order valence-corrected chi connectivity index (χ4v) is 3.30. The molecule has 1 N–H and O–H groups in total. The number of nitrogens with one attached hydrogen (secondary N) is 1. The predicted octanol–water partition coefficient (Wildman–Crippen LogP) is 1.86. The molecule has 1 aromatic heterocycles. The minimum absolute atomic E-state index is 0.224. The lowest BCUT2D eigenvalue weighted by Crippen LogP contribution is -2.27. The number of fused-ring (bicyclic) bond motifs is 1. The molecule has 0 saturated carbocycles. The summed E-state index contributed by atoms with van der Waals surface area (Å²) in [7, 11) is -1.79. The Morgan fingerprint density at radius 2 is 2.00 bits per heavy atom. The summed E-state index contributed by atoms with van der Waals surface area (Å²) in [5.41, 5.74) is 1.58. The molecule has 1 aliphatic rings. The van der Waals surface area contributed by atoms with E-state index in [0.29, 0.717) is 12.2 Å². The third-order valence-electron chi connectivity index (χ3n) is 3.25. The molecule has 0 bridgehead atoms. The molecule has 108 valence electrons. The summed E-state index contributed by atoms with van der Waals surface area (Å²) < 4.78 is 27.6. The van der Waals surface area contributed by atoms with Gasteiger partial charge in [0.2, 0.25) is 0 Å². The molecule has 0 radical (unpaired) electrons. The van der Waals surface area contributed by atoms with E-state index >= 15 is 0 Å². The predicted molar refractivity (Wildman–Crippen MR) is 82.1 cm³/mol. The molecule has 3 rings (SSSR count). The maximum atomic E-state index is 11.9. The normalized spacial score (nSPS) is 15.6. The van der Waals surface area contributed by atoms with Crippen molar-refractivity contribution in [2.75, 3.05) is 17.3 Å². The summed E-state index contributed by atoms with van der Waals surface area (Å²) in [6.07, 6.45) is 3.06. The van der Waals surface area contributed by atoms with Gasteiger partial charge in [-0.25, -0.2) is 4.98 Å². The molecule has 21 heavy (non-hydrogen) atoms. The second-order valence-electron chi connectivity index (χ2n) is 4.55. The van der Waals surface area contributed by atoms with E-state index in [1.54, 1.807) is 36.3 Å². The van der Waals surface area contributed by atoms with Crippen molar-refractivity contribution < 1.29 is 8.42 Å². The number of benzene rings is 1. The summed E-state index contributed by atoms with van der Waals surface area (Å²) in [4.78, 5) is 6.27. The van der Waals surface area contributed by atoms with E-state index in [1.165, 1.54) is 6.34 Å². The molecule has 0 fully saturated rings. The van der Waals surface area contributed by atoms with Crippen LogP contribution in [0.3, 0.4) is 0 Å². The fourth-order valence-electron chi connectivity index (χ4n) is 2.25. The third kappa shape index (κ3) is 2.47. The average molecular weight is 302 g/mol. The molecular weight excluding hydrogens is 288 g/mol. The molecule has 1 aromatic carbocycles. The van der Waals surface area contributed by atoms with Crippen molar-refractivity contribution in [2.45, 2.75) is 11.4 Å². The lowest BCUT2D eigenvalue weighted by atomic mass is 10.2. The lowest BCUT2D eigenvalue weighted by Gasteiger charge is -2.25. The van der Waals surface area contributed by atoms with Crippen molar-refractivity contribution in [3.8, 4) is 0 Å². The number of sulfonamides is 1. The van der Waals surface area contributed by atoms with Gasteiger partial charge in [-0.2, -0.15) is 8.42 Å². The maximum absolute atomic E-state index is 11.9. The second kappa shape index (κ2) is 5.17. The number of pyridine rings is 1. The van der Waals surface area contributed by atoms with Crippen molar-refractivity contribution in [1.29, 1.82) is 0 Å². The maximum Gasteiger partial charge on any atom is 0.285 e. The van der Waals surface area contributed by atoms with Crippen molar-refractivity contribution in [3.05, 3.63) is 48.2 Å². The molecule has 6 nitrogen and oxygen atoms in total. The first-order valence-corrected chi connectivity index (χ1v) is 7.83. The molecule has 0 saturated heterocycles. The van der Waals surface area contributed by atoms with Gasteiger partial charge in [0.05, 0.1) is 12.2 Å². The van der Waals surface area contributed by atoms with Gasteiger partial charge < -0.3 is 10.2 Å². The number of hydrogen-bond acceptors (Lipinski definition) is 5. The molecule has 0 unspecified atom stereocenters. The van der Waals surface area contributed by atoms with Crippen LogP contribution in [0.1, 0.15) is 5.56 Å². The van der Waals surface area contributed by atoms with Crippen LogP contribution in [0.15, 0.2) is 51.9 Å². The highest BCUT2D eigenvalue weighted by atomic mass is 32.2. The zero-order valence-electron chi connectivity index (χ0n) is 11.4. The first-order chi connectivity index (χ1) is 10.1. The highest BCUT2D eigenvalue weighted by Crippen LogP contribution is 2.30. The highest BCUT2D eigenvalue weighted by Gasteiger charge is 2.25. The van der Waals surface area contributed by atoms with E-state index in [4.69, 9.17) is 0 Å². The topological polar surface area (TPSA) is 74.7 Å². The Hall–Kier alpha value is -2.41. The van der Waals surface area contributed by atoms with E-state index in [1.807, 2.05) is 18.2 Å². The van der Waals surface area contributed by atoms with Crippen molar-refractivity contribution in [3.63, 3.8) is 0 Å². The smallest absolute Gasteiger partial charge is 0.285 e. The summed E-state index contributed by atoms with van der Waals surface area (Å²) in [5.74, 6) is 0.761. The van der Waals surface area contributed by atoms with E-state index in [9.17, 15) is 8.42 Å². The molecule has 0 atom stereocenters. The summed E-state index contributed by atoms with van der Waals surface area (Å²) in [6, 6.07) is 10.6. The summed E-state index contributed by atoms with van der Waals surface area (Å²) >= 11 is 0.